The number of carbonyl (C=O) groups excluding carboxylic acids is 1. The number of nitrogens with zero attached hydrogens (tertiary/aromatic N) is 1. The molecule has 0 aromatic heterocycles. The van der Waals surface area contributed by atoms with E-state index in [9.17, 15) is 4.79 Å². The lowest BCUT2D eigenvalue weighted by atomic mass is 9.75. The van der Waals surface area contributed by atoms with Crippen LogP contribution in [0.4, 0.5) is 0 Å². The van der Waals surface area contributed by atoms with Gasteiger partial charge >= 0.3 is 0 Å². The van der Waals surface area contributed by atoms with Crippen LogP contribution in [0.1, 0.15) is 40.5 Å². The fraction of sp³-hybridized carbons (Fsp3) is 0.923. The Labute approximate surface area is 99.6 Å². The molecule has 1 aliphatic rings. The van der Waals surface area contributed by atoms with Gasteiger partial charge in [0.25, 0.3) is 0 Å². The van der Waals surface area contributed by atoms with Crippen LogP contribution in [0.25, 0.3) is 0 Å². The number of hydrogen-bond acceptors (Lipinski definition) is 2. The maximum atomic E-state index is 12.6. The summed E-state index contributed by atoms with van der Waals surface area (Å²) in [7, 11) is 1.94. The molecular weight excluding hydrogens is 200 g/mol. The fourth-order valence-corrected chi connectivity index (χ4v) is 2.46. The van der Waals surface area contributed by atoms with Crippen molar-refractivity contribution in [1.29, 1.82) is 0 Å². The molecule has 1 heterocycles. The van der Waals surface area contributed by atoms with Crippen molar-refractivity contribution in [2.75, 3.05) is 20.1 Å². The second-order valence-electron chi connectivity index (χ2n) is 5.41. The Kier molecular flexibility index (Phi) is 4.36. The Balaban J connectivity index is 2.84. The molecule has 0 aliphatic carbocycles. The average Bonchev–Trinajstić information content (AvgIpc) is 2.76. The summed E-state index contributed by atoms with van der Waals surface area (Å²) in [5.74, 6) is 0.725. The van der Waals surface area contributed by atoms with E-state index in [0.29, 0.717) is 17.9 Å². The van der Waals surface area contributed by atoms with Crippen LogP contribution in [-0.2, 0) is 4.79 Å². The van der Waals surface area contributed by atoms with E-state index in [-0.39, 0.29) is 5.41 Å². The third-order valence-corrected chi connectivity index (χ3v) is 4.29. The van der Waals surface area contributed by atoms with Gasteiger partial charge in [-0.25, -0.2) is 0 Å². The van der Waals surface area contributed by atoms with Crippen LogP contribution in [-0.4, -0.2) is 37.0 Å². The van der Waals surface area contributed by atoms with Crippen molar-refractivity contribution in [2.24, 2.45) is 11.3 Å². The first-order chi connectivity index (χ1) is 7.45. The highest BCUT2D eigenvalue weighted by atomic mass is 16.2. The molecule has 16 heavy (non-hydrogen) atoms. The minimum Gasteiger partial charge on any atom is -0.343 e. The molecule has 0 saturated carbocycles. The van der Waals surface area contributed by atoms with Crippen molar-refractivity contribution in [3.63, 3.8) is 0 Å². The number of nitrogens with one attached hydrogen (secondary N) is 1. The van der Waals surface area contributed by atoms with E-state index >= 15 is 0 Å². The summed E-state index contributed by atoms with van der Waals surface area (Å²) in [5, 5.41) is 3.34. The van der Waals surface area contributed by atoms with E-state index < -0.39 is 0 Å². The summed E-state index contributed by atoms with van der Waals surface area (Å²) in [6, 6.07) is 0.337. The van der Waals surface area contributed by atoms with Crippen molar-refractivity contribution >= 4 is 5.91 Å². The number of rotatable bonds is 4. The first-order valence-electron chi connectivity index (χ1n) is 6.43. The average molecular weight is 226 g/mol. The molecule has 1 saturated heterocycles. The smallest absolute Gasteiger partial charge is 0.230 e. The largest absolute Gasteiger partial charge is 0.343 e. The molecule has 1 N–H and O–H groups in total. The quantitative estimate of drug-likeness (QED) is 0.794. The third kappa shape index (κ3) is 2.24. The monoisotopic (exact) mass is 226 g/mol. The van der Waals surface area contributed by atoms with Crippen LogP contribution in [0, 0.1) is 11.3 Å². The van der Waals surface area contributed by atoms with Crippen molar-refractivity contribution in [2.45, 2.75) is 46.6 Å². The Morgan fingerprint density at radius 2 is 2.06 bits per heavy atom. The van der Waals surface area contributed by atoms with Crippen LogP contribution in [0.5, 0.6) is 0 Å². The van der Waals surface area contributed by atoms with E-state index in [4.69, 9.17) is 0 Å². The fourth-order valence-electron chi connectivity index (χ4n) is 2.46. The van der Waals surface area contributed by atoms with Gasteiger partial charge < -0.3 is 10.2 Å². The standard InChI is InChI=1S/C13H26N2O/c1-6-11(4)15(5)12(16)13(10(2)3)7-8-14-9-13/h10-11,14H,6-9H2,1-5H3. The number of hydrogen-bond donors (Lipinski definition) is 1. The van der Waals surface area contributed by atoms with E-state index in [1.54, 1.807) is 0 Å². The molecule has 3 heteroatoms. The van der Waals surface area contributed by atoms with Gasteiger partial charge in [-0.1, -0.05) is 20.8 Å². The van der Waals surface area contributed by atoms with Gasteiger partial charge in [-0.3, -0.25) is 4.79 Å². The number of amides is 1. The molecule has 1 aliphatic heterocycles. The minimum absolute atomic E-state index is 0.168. The van der Waals surface area contributed by atoms with Gasteiger partial charge in [0.05, 0.1) is 5.41 Å². The van der Waals surface area contributed by atoms with Crippen LogP contribution in [0.15, 0.2) is 0 Å². The molecular formula is C13H26N2O. The molecule has 0 aromatic rings. The van der Waals surface area contributed by atoms with Gasteiger partial charge in [-0.2, -0.15) is 0 Å². The Morgan fingerprint density at radius 1 is 1.44 bits per heavy atom. The highest BCUT2D eigenvalue weighted by Gasteiger charge is 2.45. The molecule has 0 aromatic carbocycles. The van der Waals surface area contributed by atoms with Crippen LogP contribution in [0.2, 0.25) is 0 Å². The molecule has 0 radical (unpaired) electrons. The summed E-state index contributed by atoms with van der Waals surface area (Å²) in [6.45, 7) is 10.4. The van der Waals surface area contributed by atoms with Gasteiger partial charge in [0.15, 0.2) is 0 Å². The van der Waals surface area contributed by atoms with E-state index in [1.807, 2.05) is 11.9 Å². The first-order valence-corrected chi connectivity index (χ1v) is 6.43. The zero-order chi connectivity index (χ0) is 12.3. The van der Waals surface area contributed by atoms with Crippen molar-refractivity contribution in [3.05, 3.63) is 0 Å². The Hall–Kier alpha value is -0.570. The molecule has 0 spiro atoms. The lowest BCUT2D eigenvalue weighted by molar-refractivity contribution is -0.144. The molecule has 2 atom stereocenters. The summed E-state index contributed by atoms with van der Waals surface area (Å²) >= 11 is 0. The lowest BCUT2D eigenvalue weighted by Gasteiger charge is -2.37. The molecule has 0 bridgehead atoms. The maximum absolute atomic E-state index is 12.6. The van der Waals surface area contributed by atoms with Crippen molar-refractivity contribution < 1.29 is 4.79 Å². The first kappa shape index (κ1) is 13.5. The Morgan fingerprint density at radius 3 is 2.44 bits per heavy atom. The molecule has 1 rings (SSSR count). The van der Waals surface area contributed by atoms with Gasteiger partial charge in [-0.05, 0) is 32.2 Å². The van der Waals surface area contributed by atoms with Gasteiger partial charge in [0.1, 0.15) is 0 Å². The summed E-state index contributed by atoms with van der Waals surface area (Å²) < 4.78 is 0. The molecule has 94 valence electrons. The zero-order valence-electron chi connectivity index (χ0n) is 11.3. The molecule has 2 unspecified atom stereocenters. The molecule has 3 nitrogen and oxygen atoms in total. The second kappa shape index (κ2) is 5.17. The van der Waals surface area contributed by atoms with Crippen molar-refractivity contribution in [3.8, 4) is 0 Å². The lowest BCUT2D eigenvalue weighted by Crippen LogP contribution is -2.49. The van der Waals surface area contributed by atoms with Crippen LogP contribution < -0.4 is 5.32 Å². The normalized spacial score (nSPS) is 27.1. The van der Waals surface area contributed by atoms with Crippen LogP contribution in [0.3, 0.4) is 0 Å². The van der Waals surface area contributed by atoms with E-state index in [2.05, 4.69) is 33.0 Å². The third-order valence-electron chi connectivity index (χ3n) is 4.29. The van der Waals surface area contributed by atoms with Gasteiger partial charge in [0, 0.05) is 19.6 Å². The summed E-state index contributed by atoms with van der Waals surface area (Å²) in [4.78, 5) is 14.5. The highest BCUT2D eigenvalue weighted by Crippen LogP contribution is 2.36. The van der Waals surface area contributed by atoms with E-state index in [1.165, 1.54) is 0 Å². The SMILES string of the molecule is CCC(C)N(C)C(=O)C1(C(C)C)CCNC1. The van der Waals surface area contributed by atoms with Crippen molar-refractivity contribution in [1.82, 2.24) is 10.2 Å². The van der Waals surface area contributed by atoms with E-state index in [0.717, 1.165) is 25.9 Å². The van der Waals surface area contributed by atoms with Crippen LogP contribution >= 0.6 is 0 Å². The second-order valence-corrected chi connectivity index (χ2v) is 5.41. The molecule has 1 amide bonds. The summed E-state index contributed by atoms with van der Waals surface area (Å²) in [5.41, 5.74) is -0.168. The summed E-state index contributed by atoms with van der Waals surface area (Å²) in [6.07, 6.45) is 1.99. The molecule has 1 fully saturated rings. The minimum atomic E-state index is -0.168. The predicted molar refractivity (Wildman–Crippen MR) is 67.3 cm³/mol. The number of carbonyl (C=O) groups is 1. The maximum Gasteiger partial charge on any atom is 0.230 e. The van der Waals surface area contributed by atoms with Gasteiger partial charge in [0.2, 0.25) is 5.91 Å². The van der Waals surface area contributed by atoms with Gasteiger partial charge in [-0.15, -0.1) is 0 Å². The predicted octanol–water partition coefficient (Wildman–Crippen LogP) is 1.88. The zero-order valence-corrected chi connectivity index (χ0v) is 11.3. The Bertz CT molecular complexity index is 244. The highest BCUT2D eigenvalue weighted by molar-refractivity contribution is 5.83. The topological polar surface area (TPSA) is 32.3 Å².